The summed E-state index contributed by atoms with van der Waals surface area (Å²) in [6, 6.07) is 14.5. The van der Waals surface area contributed by atoms with Crippen LogP contribution in [0.2, 0.25) is 0 Å². The van der Waals surface area contributed by atoms with Crippen molar-refractivity contribution in [2.45, 2.75) is 18.9 Å². The number of phenolic OH excluding ortho intramolecular Hbond substituents is 1. The van der Waals surface area contributed by atoms with Crippen LogP contribution in [-0.2, 0) is 12.8 Å². The zero-order valence-electron chi connectivity index (χ0n) is 12.0. The molecule has 1 aliphatic rings. The molecule has 2 aromatic carbocycles. The largest absolute Gasteiger partial charge is 0.504 e. The highest BCUT2D eigenvalue weighted by Crippen LogP contribution is 2.35. The molecule has 0 amide bonds. The molecule has 1 atom stereocenters. The highest BCUT2D eigenvalue weighted by atomic mass is 35.5. The summed E-state index contributed by atoms with van der Waals surface area (Å²) in [6.45, 7) is 0.957. The Hall–Kier alpha value is -1.71. The minimum atomic E-state index is 0. The van der Waals surface area contributed by atoms with Gasteiger partial charge < -0.3 is 15.2 Å². The van der Waals surface area contributed by atoms with Crippen LogP contribution in [0.5, 0.6) is 11.5 Å². The first-order valence-electron chi connectivity index (χ1n) is 6.95. The van der Waals surface area contributed by atoms with E-state index in [0.29, 0.717) is 5.75 Å². The van der Waals surface area contributed by atoms with Crippen molar-refractivity contribution >= 4 is 12.4 Å². The maximum absolute atomic E-state index is 10.00. The van der Waals surface area contributed by atoms with E-state index in [0.717, 1.165) is 19.4 Å². The Morgan fingerprint density at radius 1 is 1.24 bits per heavy atom. The van der Waals surface area contributed by atoms with Crippen LogP contribution in [0.3, 0.4) is 0 Å². The van der Waals surface area contributed by atoms with Gasteiger partial charge in [0.1, 0.15) is 0 Å². The molecule has 0 radical (unpaired) electrons. The number of fused-ring (bicyclic) bond motifs is 1. The second-order valence-electron chi connectivity index (χ2n) is 5.17. The van der Waals surface area contributed by atoms with Crippen molar-refractivity contribution in [1.29, 1.82) is 0 Å². The summed E-state index contributed by atoms with van der Waals surface area (Å²) >= 11 is 0. The Balaban J connectivity index is 0.00000161. The molecule has 112 valence electrons. The van der Waals surface area contributed by atoms with Crippen LogP contribution in [0.25, 0.3) is 0 Å². The molecule has 0 saturated heterocycles. The normalized spacial score (nSPS) is 16.7. The van der Waals surface area contributed by atoms with Crippen LogP contribution >= 0.6 is 12.4 Å². The van der Waals surface area contributed by atoms with Gasteiger partial charge in [0.2, 0.25) is 0 Å². The highest BCUT2D eigenvalue weighted by molar-refractivity contribution is 5.85. The van der Waals surface area contributed by atoms with Gasteiger partial charge in [-0.1, -0.05) is 30.3 Å². The maximum atomic E-state index is 10.00. The number of nitrogens with one attached hydrogen (secondary N) is 1. The van der Waals surface area contributed by atoms with E-state index in [4.69, 9.17) is 4.74 Å². The number of aromatic hydroxyl groups is 1. The van der Waals surface area contributed by atoms with Gasteiger partial charge >= 0.3 is 0 Å². The lowest BCUT2D eigenvalue weighted by molar-refractivity contribution is 0.370. The van der Waals surface area contributed by atoms with E-state index in [1.807, 2.05) is 18.2 Å². The number of halogens is 1. The second-order valence-corrected chi connectivity index (χ2v) is 5.17. The SMILES string of the molecule is COc1cc2c(cc1O)C(Cc1ccccc1)NCC2.Cl. The number of hydrogen-bond acceptors (Lipinski definition) is 3. The average molecular weight is 306 g/mol. The molecule has 0 saturated carbocycles. The van der Waals surface area contributed by atoms with Gasteiger partial charge in [0.05, 0.1) is 7.11 Å². The monoisotopic (exact) mass is 305 g/mol. The van der Waals surface area contributed by atoms with Gasteiger partial charge in [-0.05, 0) is 48.2 Å². The van der Waals surface area contributed by atoms with E-state index in [-0.39, 0.29) is 24.2 Å². The quantitative estimate of drug-likeness (QED) is 0.914. The molecule has 1 heterocycles. The molecule has 0 bridgehead atoms. The molecule has 3 nitrogen and oxygen atoms in total. The standard InChI is InChI=1S/C17H19NO2.ClH/c1-20-17-10-13-7-8-18-15(14(13)11-16(17)19)9-12-5-3-2-4-6-12;/h2-6,10-11,15,18-19H,7-9H2,1H3;1H. The first-order valence-corrected chi connectivity index (χ1v) is 6.95. The summed E-state index contributed by atoms with van der Waals surface area (Å²) < 4.78 is 5.19. The molecule has 0 aliphatic carbocycles. The van der Waals surface area contributed by atoms with Crippen molar-refractivity contribution in [3.8, 4) is 11.5 Å². The van der Waals surface area contributed by atoms with Gasteiger partial charge in [0.25, 0.3) is 0 Å². The van der Waals surface area contributed by atoms with Gasteiger partial charge in [0, 0.05) is 6.04 Å². The minimum absolute atomic E-state index is 0. The smallest absolute Gasteiger partial charge is 0.160 e. The Labute approximate surface area is 131 Å². The Kier molecular flexibility index (Phi) is 5.10. The summed E-state index contributed by atoms with van der Waals surface area (Å²) in [4.78, 5) is 0. The molecule has 1 aliphatic heterocycles. The van der Waals surface area contributed by atoms with Gasteiger partial charge in [-0.3, -0.25) is 0 Å². The lowest BCUT2D eigenvalue weighted by atomic mass is 9.90. The van der Waals surface area contributed by atoms with Crippen LogP contribution in [0, 0.1) is 0 Å². The molecule has 4 heteroatoms. The van der Waals surface area contributed by atoms with Gasteiger partial charge in [-0.2, -0.15) is 0 Å². The van der Waals surface area contributed by atoms with E-state index in [9.17, 15) is 5.11 Å². The fourth-order valence-corrected chi connectivity index (χ4v) is 2.85. The van der Waals surface area contributed by atoms with Gasteiger partial charge in [-0.15, -0.1) is 12.4 Å². The summed E-state index contributed by atoms with van der Waals surface area (Å²) in [6.07, 6.45) is 1.90. The van der Waals surface area contributed by atoms with E-state index in [1.165, 1.54) is 16.7 Å². The Bertz CT molecular complexity index is 601. The van der Waals surface area contributed by atoms with Crippen LogP contribution < -0.4 is 10.1 Å². The average Bonchev–Trinajstić information content (AvgIpc) is 2.48. The fourth-order valence-electron chi connectivity index (χ4n) is 2.85. The molecular formula is C17H20ClNO2. The van der Waals surface area contributed by atoms with Crippen molar-refractivity contribution in [1.82, 2.24) is 5.32 Å². The van der Waals surface area contributed by atoms with Crippen molar-refractivity contribution in [2.24, 2.45) is 0 Å². The van der Waals surface area contributed by atoms with Gasteiger partial charge in [0.15, 0.2) is 11.5 Å². The first-order chi connectivity index (χ1) is 9.78. The van der Waals surface area contributed by atoms with Crippen LogP contribution in [0.15, 0.2) is 42.5 Å². The number of methoxy groups -OCH3 is 1. The van der Waals surface area contributed by atoms with Gasteiger partial charge in [-0.25, -0.2) is 0 Å². The molecule has 0 aromatic heterocycles. The predicted molar refractivity (Wildman–Crippen MR) is 86.5 cm³/mol. The first kappa shape index (κ1) is 15.7. The number of hydrogen-bond donors (Lipinski definition) is 2. The molecule has 0 spiro atoms. The van der Waals surface area contributed by atoms with E-state index in [1.54, 1.807) is 7.11 Å². The maximum Gasteiger partial charge on any atom is 0.160 e. The Morgan fingerprint density at radius 3 is 2.71 bits per heavy atom. The number of benzene rings is 2. The van der Waals surface area contributed by atoms with Crippen molar-refractivity contribution in [3.05, 3.63) is 59.2 Å². The number of ether oxygens (including phenoxy) is 1. The number of rotatable bonds is 3. The van der Waals surface area contributed by atoms with Crippen molar-refractivity contribution < 1.29 is 9.84 Å². The summed E-state index contributed by atoms with van der Waals surface area (Å²) in [5.74, 6) is 0.775. The second kappa shape index (κ2) is 6.83. The lowest BCUT2D eigenvalue weighted by Crippen LogP contribution is -2.31. The van der Waals surface area contributed by atoms with E-state index in [2.05, 4.69) is 29.6 Å². The third kappa shape index (κ3) is 3.31. The van der Waals surface area contributed by atoms with Crippen molar-refractivity contribution in [2.75, 3.05) is 13.7 Å². The third-order valence-electron chi connectivity index (χ3n) is 3.88. The molecule has 3 rings (SSSR count). The topological polar surface area (TPSA) is 41.5 Å². The lowest BCUT2D eigenvalue weighted by Gasteiger charge is -2.28. The van der Waals surface area contributed by atoms with E-state index < -0.39 is 0 Å². The molecule has 2 aromatic rings. The molecular weight excluding hydrogens is 286 g/mol. The minimum Gasteiger partial charge on any atom is -0.504 e. The van der Waals surface area contributed by atoms with Crippen LogP contribution in [0.4, 0.5) is 0 Å². The number of phenols is 1. The highest BCUT2D eigenvalue weighted by Gasteiger charge is 2.22. The zero-order chi connectivity index (χ0) is 13.9. The summed E-state index contributed by atoms with van der Waals surface area (Å²) in [5, 5.41) is 13.5. The molecule has 1 unspecified atom stereocenters. The Morgan fingerprint density at radius 2 is 2.00 bits per heavy atom. The molecule has 2 N–H and O–H groups in total. The summed E-state index contributed by atoms with van der Waals surface area (Å²) in [7, 11) is 1.59. The predicted octanol–water partition coefficient (Wildman–Crippen LogP) is 3.25. The van der Waals surface area contributed by atoms with E-state index >= 15 is 0 Å². The molecule has 21 heavy (non-hydrogen) atoms. The van der Waals surface area contributed by atoms with Crippen LogP contribution in [-0.4, -0.2) is 18.8 Å². The van der Waals surface area contributed by atoms with Crippen LogP contribution in [0.1, 0.15) is 22.7 Å². The third-order valence-corrected chi connectivity index (χ3v) is 3.88. The summed E-state index contributed by atoms with van der Waals surface area (Å²) in [5.41, 5.74) is 3.74. The zero-order valence-corrected chi connectivity index (χ0v) is 12.8. The molecule has 0 fully saturated rings. The fraction of sp³-hybridized carbons (Fsp3) is 0.294. The van der Waals surface area contributed by atoms with Crippen molar-refractivity contribution in [3.63, 3.8) is 0 Å².